The van der Waals surface area contributed by atoms with Crippen molar-refractivity contribution in [3.63, 3.8) is 0 Å². The molecule has 1 saturated carbocycles. The van der Waals surface area contributed by atoms with Crippen molar-refractivity contribution in [1.29, 1.82) is 0 Å². The van der Waals surface area contributed by atoms with Crippen molar-refractivity contribution in [2.45, 2.75) is 39.5 Å². The van der Waals surface area contributed by atoms with E-state index in [0.29, 0.717) is 12.0 Å². The number of aliphatic hydroxyl groups excluding tert-OH is 1. The fourth-order valence-electron chi connectivity index (χ4n) is 3.24. The number of allylic oxidation sites excluding steroid dienone is 2. The van der Waals surface area contributed by atoms with E-state index in [4.69, 9.17) is 5.11 Å². The molecule has 3 unspecified atom stereocenters. The highest BCUT2D eigenvalue weighted by atomic mass is 16.3. The highest BCUT2D eigenvalue weighted by Crippen LogP contribution is 2.48. The molecule has 1 N–H and O–H groups in total. The molecular formula is C13H22O. The fourth-order valence-corrected chi connectivity index (χ4v) is 3.24. The van der Waals surface area contributed by atoms with Gasteiger partial charge in [-0.05, 0) is 48.9 Å². The Morgan fingerprint density at radius 2 is 2.07 bits per heavy atom. The molecule has 0 heterocycles. The maximum Gasteiger partial charge on any atom is 0.0436 e. The highest BCUT2D eigenvalue weighted by molar-refractivity contribution is 5.10. The lowest BCUT2D eigenvalue weighted by Crippen LogP contribution is -2.20. The van der Waals surface area contributed by atoms with Gasteiger partial charge in [-0.25, -0.2) is 0 Å². The minimum atomic E-state index is 0.331. The number of aliphatic hydroxyl groups is 1. The molecule has 80 valence electrons. The third kappa shape index (κ3) is 2.03. The van der Waals surface area contributed by atoms with E-state index >= 15 is 0 Å². The van der Waals surface area contributed by atoms with Gasteiger partial charge in [-0.3, -0.25) is 0 Å². The van der Waals surface area contributed by atoms with Gasteiger partial charge in [0.05, 0.1) is 0 Å². The van der Waals surface area contributed by atoms with E-state index in [2.05, 4.69) is 26.0 Å². The Morgan fingerprint density at radius 3 is 2.57 bits per heavy atom. The SMILES string of the molecule is CC(C)(CCO)CC1CC2C=CC1C2. The first-order valence-electron chi connectivity index (χ1n) is 5.90. The molecule has 0 aromatic carbocycles. The van der Waals surface area contributed by atoms with Gasteiger partial charge < -0.3 is 5.11 Å². The van der Waals surface area contributed by atoms with E-state index < -0.39 is 0 Å². The minimum Gasteiger partial charge on any atom is -0.396 e. The molecule has 0 aromatic rings. The van der Waals surface area contributed by atoms with E-state index in [0.717, 1.165) is 24.2 Å². The van der Waals surface area contributed by atoms with Crippen LogP contribution in [-0.4, -0.2) is 11.7 Å². The van der Waals surface area contributed by atoms with Crippen molar-refractivity contribution in [2.24, 2.45) is 23.2 Å². The fraction of sp³-hybridized carbons (Fsp3) is 0.846. The lowest BCUT2D eigenvalue weighted by molar-refractivity contribution is 0.171. The van der Waals surface area contributed by atoms with Gasteiger partial charge in [0.2, 0.25) is 0 Å². The van der Waals surface area contributed by atoms with Gasteiger partial charge in [0.15, 0.2) is 0 Å². The Morgan fingerprint density at radius 1 is 1.29 bits per heavy atom. The average Bonchev–Trinajstić information content (AvgIpc) is 2.63. The summed E-state index contributed by atoms with van der Waals surface area (Å²) in [5.74, 6) is 2.64. The van der Waals surface area contributed by atoms with Gasteiger partial charge in [0, 0.05) is 6.61 Å². The Bertz CT molecular complexity index is 229. The van der Waals surface area contributed by atoms with Crippen molar-refractivity contribution in [3.05, 3.63) is 12.2 Å². The third-order valence-corrected chi connectivity index (χ3v) is 4.02. The molecule has 0 amide bonds. The molecule has 1 heteroatoms. The first-order valence-corrected chi connectivity index (χ1v) is 5.90. The van der Waals surface area contributed by atoms with Crippen LogP contribution in [0.15, 0.2) is 12.2 Å². The molecular weight excluding hydrogens is 172 g/mol. The average molecular weight is 194 g/mol. The monoisotopic (exact) mass is 194 g/mol. The molecule has 2 rings (SSSR count). The number of fused-ring (bicyclic) bond motifs is 2. The quantitative estimate of drug-likeness (QED) is 0.682. The van der Waals surface area contributed by atoms with Crippen LogP contribution in [0.1, 0.15) is 39.5 Å². The molecule has 0 radical (unpaired) electrons. The van der Waals surface area contributed by atoms with Gasteiger partial charge in [-0.15, -0.1) is 0 Å². The molecule has 0 spiro atoms. The molecule has 1 nitrogen and oxygen atoms in total. The molecule has 1 fully saturated rings. The van der Waals surface area contributed by atoms with Crippen molar-refractivity contribution in [3.8, 4) is 0 Å². The predicted octanol–water partition coefficient (Wildman–Crippen LogP) is 3.00. The van der Waals surface area contributed by atoms with Gasteiger partial charge in [0.1, 0.15) is 0 Å². The second-order valence-electron chi connectivity index (χ2n) is 5.88. The summed E-state index contributed by atoms with van der Waals surface area (Å²) in [7, 11) is 0. The lowest BCUT2D eigenvalue weighted by Gasteiger charge is -2.30. The normalized spacial score (nSPS) is 35.5. The second-order valence-corrected chi connectivity index (χ2v) is 5.88. The van der Waals surface area contributed by atoms with E-state index in [1.165, 1.54) is 19.3 Å². The zero-order valence-corrected chi connectivity index (χ0v) is 9.37. The van der Waals surface area contributed by atoms with Crippen molar-refractivity contribution in [2.75, 3.05) is 6.61 Å². The summed E-state index contributed by atoms with van der Waals surface area (Å²) >= 11 is 0. The molecule has 2 aliphatic rings. The summed E-state index contributed by atoms with van der Waals surface area (Å²) in [6, 6.07) is 0. The molecule has 0 aliphatic heterocycles. The van der Waals surface area contributed by atoms with Gasteiger partial charge >= 0.3 is 0 Å². The van der Waals surface area contributed by atoms with Crippen LogP contribution in [0, 0.1) is 23.2 Å². The maximum atomic E-state index is 8.99. The molecule has 3 atom stereocenters. The maximum absolute atomic E-state index is 8.99. The van der Waals surface area contributed by atoms with Crippen molar-refractivity contribution < 1.29 is 5.11 Å². The zero-order valence-electron chi connectivity index (χ0n) is 9.37. The summed E-state index contributed by atoms with van der Waals surface area (Å²) in [6.07, 6.45) is 9.87. The van der Waals surface area contributed by atoms with Crippen LogP contribution in [0.5, 0.6) is 0 Å². The standard InChI is InChI=1S/C13H22O/c1-13(2,5-6-14)9-12-8-10-3-4-11(12)7-10/h3-4,10-12,14H,5-9H2,1-2H3. The summed E-state index contributed by atoms with van der Waals surface area (Å²) in [5, 5.41) is 8.99. The summed E-state index contributed by atoms with van der Waals surface area (Å²) in [6.45, 7) is 4.92. The van der Waals surface area contributed by atoms with Crippen LogP contribution in [0.25, 0.3) is 0 Å². The molecule has 2 aliphatic carbocycles. The van der Waals surface area contributed by atoms with Crippen LogP contribution < -0.4 is 0 Å². The van der Waals surface area contributed by atoms with Gasteiger partial charge in [-0.1, -0.05) is 26.0 Å². The van der Waals surface area contributed by atoms with E-state index in [1.54, 1.807) is 0 Å². The van der Waals surface area contributed by atoms with E-state index in [-0.39, 0.29) is 0 Å². The van der Waals surface area contributed by atoms with Crippen molar-refractivity contribution in [1.82, 2.24) is 0 Å². The highest BCUT2D eigenvalue weighted by Gasteiger charge is 2.38. The van der Waals surface area contributed by atoms with Gasteiger partial charge in [-0.2, -0.15) is 0 Å². The second kappa shape index (κ2) is 3.69. The predicted molar refractivity (Wildman–Crippen MR) is 58.9 cm³/mol. The molecule has 14 heavy (non-hydrogen) atoms. The summed E-state index contributed by atoms with van der Waals surface area (Å²) in [4.78, 5) is 0. The Hall–Kier alpha value is -0.300. The van der Waals surface area contributed by atoms with Crippen LogP contribution in [0.3, 0.4) is 0 Å². The van der Waals surface area contributed by atoms with E-state index in [1.807, 2.05) is 0 Å². The molecule has 0 saturated heterocycles. The van der Waals surface area contributed by atoms with E-state index in [9.17, 15) is 0 Å². The largest absolute Gasteiger partial charge is 0.396 e. The number of hydrogen-bond acceptors (Lipinski definition) is 1. The number of hydrogen-bond donors (Lipinski definition) is 1. The first-order chi connectivity index (χ1) is 6.61. The molecule has 0 aromatic heterocycles. The smallest absolute Gasteiger partial charge is 0.0436 e. The first kappa shape index (κ1) is 10.2. The molecule has 2 bridgehead atoms. The Balaban J connectivity index is 1.89. The zero-order chi connectivity index (χ0) is 10.2. The third-order valence-electron chi connectivity index (χ3n) is 4.02. The van der Waals surface area contributed by atoms with Gasteiger partial charge in [0.25, 0.3) is 0 Å². The Kier molecular flexibility index (Phi) is 2.70. The van der Waals surface area contributed by atoms with Crippen LogP contribution in [-0.2, 0) is 0 Å². The summed E-state index contributed by atoms with van der Waals surface area (Å²) in [5.41, 5.74) is 0.331. The minimum absolute atomic E-state index is 0.331. The van der Waals surface area contributed by atoms with Crippen LogP contribution in [0.4, 0.5) is 0 Å². The number of rotatable bonds is 4. The lowest BCUT2D eigenvalue weighted by atomic mass is 9.76. The van der Waals surface area contributed by atoms with Crippen molar-refractivity contribution >= 4 is 0 Å². The Labute approximate surface area is 87.2 Å². The van der Waals surface area contributed by atoms with Crippen LogP contribution >= 0.6 is 0 Å². The van der Waals surface area contributed by atoms with Crippen LogP contribution in [0.2, 0.25) is 0 Å². The summed E-state index contributed by atoms with van der Waals surface area (Å²) < 4.78 is 0. The topological polar surface area (TPSA) is 20.2 Å².